The number of piperidine rings is 1. The molecule has 0 radical (unpaired) electrons. The van der Waals surface area contributed by atoms with Crippen molar-refractivity contribution in [1.29, 1.82) is 5.26 Å². The molecule has 18 nitrogen and oxygen atoms in total. The largest absolute Gasteiger partial charge is 0.385 e. The molecule has 2 atom stereocenters. The van der Waals surface area contributed by atoms with Crippen molar-refractivity contribution < 1.29 is 18.8 Å². The van der Waals surface area contributed by atoms with Gasteiger partial charge in [-0.3, -0.25) is 24.0 Å². The maximum atomic E-state index is 15.3. The van der Waals surface area contributed by atoms with Crippen molar-refractivity contribution in [3.8, 4) is 17.2 Å². The molecule has 4 N–H and O–H groups in total. The molecule has 20 heteroatoms. The number of carbonyl (C=O) groups is 3. The minimum atomic E-state index is -0.504. The molecular weight excluding hydrogens is 903 g/mol. The summed E-state index contributed by atoms with van der Waals surface area (Å²) < 4.78 is 16.9. The maximum Gasteiger partial charge on any atom is 0.254 e. The molecular formula is C49H62ClFN14O4. The summed E-state index contributed by atoms with van der Waals surface area (Å²) in [6.07, 6.45) is 14.4. The smallest absolute Gasteiger partial charge is 0.254 e. The summed E-state index contributed by atoms with van der Waals surface area (Å²) in [5, 5.41) is 21.8. The van der Waals surface area contributed by atoms with Gasteiger partial charge in [0.25, 0.3) is 5.91 Å². The Balaban J connectivity index is 0.000000563. The molecule has 0 bridgehead atoms. The number of piperazine rings is 1. The topological polar surface area (TPSA) is 223 Å². The van der Waals surface area contributed by atoms with E-state index in [4.69, 9.17) is 22.6 Å². The Labute approximate surface area is 407 Å². The van der Waals surface area contributed by atoms with Gasteiger partial charge in [-0.15, -0.1) is 16.5 Å². The van der Waals surface area contributed by atoms with E-state index in [1.165, 1.54) is 25.1 Å². The van der Waals surface area contributed by atoms with Crippen LogP contribution in [0.4, 0.5) is 16.0 Å². The number of nitrogens with zero attached hydrogens (tertiary/aromatic N) is 11. The fourth-order valence-corrected chi connectivity index (χ4v) is 10.5. The Morgan fingerprint density at radius 1 is 0.986 bits per heavy atom. The molecule has 0 spiro atoms. The number of hydrogen-bond acceptors (Lipinski definition) is 13. The van der Waals surface area contributed by atoms with E-state index in [9.17, 15) is 19.3 Å². The van der Waals surface area contributed by atoms with Crippen molar-refractivity contribution in [1.82, 2.24) is 45.1 Å². The molecule has 2 aliphatic carbocycles. The zero-order valence-electron chi connectivity index (χ0n) is 40.2. The molecule has 2 aromatic heterocycles. The van der Waals surface area contributed by atoms with Crippen LogP contribution in [0.5, 0.6) is 0 Å². The number of anilines is 1. The molecule has 3 amide bonds. The molecule has 3 fully saturated rings. The number of alkyl halides is 1. The molecule has 69 heavy (non-hydrogen) atoms. The van der Waals surface area contributed by atoms with Crippen LogP contribution in [-0.4, -0.2) is 134 Å². The van der Waals surface area contributed by atoms with Crippen LogP contribution in [0, 0.1) is 38.8 Å². The number of likely N-dealkylation sites (tertiary alicyclic amines) is 1. The maximum absolute atomic E-state index is 15.3. The van der Waals surface area contributed by atoms with Gasteiger partial charge in [0, 0.05) is 114 Å². The number of rotatable bonds is 11. The molecule has 5 aliphatic rings. The zero-order valence-corrected chi connectivity index (χ0v) is 40.9. The lowest BCUT2D eigenvalue weighted by Crippen LogP contribution is -2.63. The predicted octanol–water partition coefficient (Wildman–Crippen LogP) is 5.42. The number of nitriles is 1. The Morgan fingerprint density at radius 3 is 2.26 bits per heavy atom. The number of aromatic nitrogens is 4. The van der Waals surface area contributed by atoms with E-state index in [1.807, 2.05) is 17.2 Å². The summed E-state index contributed by atoms with van der Waals surface area (Å²) in [5.74, 6) is -0.201. The minimum Gasteiger partial charge on any atom is -0.385 e. The summed E-state index contributed by atoms with van der Waals surface area (Å²) in [4.78, 5) is 70.2. The number of halogens is 2. The molecule has 366 valence electrons. The lowest BCUT2D eigenvalue weighted by Gasteiger charge is -2.57. The number of allylic oxidation sites excluding steroid dienone is 3. The van der Waals surface area contributed by atoms with E-state index < -0.39 is 11.2 Å². The van der Waals surface area contributed by atoms with Crippen molar-refractivity contribution >= 4 is 46.8 Å². The van der Waals surface area contributed by atoms with E-state index in [-0.39, 0.29) is 70.3 Å². The van der Waals surface area contributed by atoms with Gasteiger partial charge < -0.3 is 31.1 Å². The molecule has 3 aliphatic heterocycles. The van der Waals surface area contributed by atoms with Gasteiger partial charge in [-0.2, -0.15) is 10.4 Å². The van der Waals surface area contributed by atoms with Gasteiger partial charge in [-0.25, -0.2) is 19.4 Å². The molecule has 8 rings (SSSR count). The van der Waals surface area contributed by atoms with Crippen molar-refractivity contribution in [3.05, 3.63) is 94.5 Å². The normalized spacial score (nSPS) is 21.9. The molecule has 1 aromatic carbocycles. The van der Waals surface area contributed by atoms with Crippen molar-refractivity contribution in [2.45, 2.75) is 77.8 Å². The number of nitroso groups, excluding NO2 is 1. The van der Waals surface area contributed by atoms with Gasteiger partial charge in [0.05, 0.1) is 42.2 Å². The second-order valence-electron chi connectivity index (χ2n) is 19.7. The Morgan fingerprint density at radius 2 is 1.68 bits per heavy atom. The Bertz CT molecular complexity index is 2550. The number of amidine groups is 1. The van der Waals surface area contributed by atoms with Crippen LogP contribution in [0.25, 0.3) is 11.1 Å². The molecule has 2 saturated heterocycles. The third-order valence-electron chi connectivity index (χ3n) is 13.6. The van der Waals surface area contributed by atoms with Gasteiger partial charge in [-0.05, 0) is 65.1 Å². The monoisotopic (exact) mass is 964 g/mol. The zero-order chi connectivity index (χ0) is 49.6. The quantitative estimate of drug-likeness (QED) is 0.0949. The van der Waals surface area contributed by atoms with Crippen molar-refractivity contribution in [2.24, 2.45) is 39.7 Å². The lowest BCUT2D eigenvalue weighted by molar-refractivity contribution is -0.133. The van der Waals surface area contributed by atoms with Crippen LogP contribution in [0.15, 0.2) is 88.4 Å². The first-order chi connectivity index (χ1) is 32.8. The fraction of sp³-hybridized carbons (Fsp3) is 0.510. The van der Waals surface area contributed by atoms with Gasteiger partial charge in [0.15, 0.2) is 0 Å². The first-order valence-corrected chi connectivity index (χ1v) is 23.8. The van der Waals surface area contributed by atoms with Crippen LogP contribution in [0.3, 0.4) is 0 Å². The summed E-state index contributed by atoms with van der Waals surface area (Å²) in [5.41, 5.74) is 10.6. The van der Waals surface area contributed by atoms with Crippen LogP contribution in [-0.2, 0) is 16.6 Å². The highest BCUT2D eigenvalue weighted by Gasteiger charge is 2.53. The molecule has 2 unspecified atom stereocenters. The first-order valence-electron chi connectivity index (χ1n) is 23.4. The van der Waals surface area contributed by atoms with E-state index >= 15 is 4.39 Å². The predicted molar refractivity (Wildman–Crippen MR) is 262 cm³/mol. The average molecular weight is 966 g/mol. The lowest BCUT2D eigenvalue weighted by atomic mass is 9.52. The first kappa shape index (κ1) is 50.4. The van der Waals surface area contributed by atoms with E-state index in [2.05, 4.69) is 73.4 Å². The summed E-state index contributed by atoms with van der Waals surface area (Å²) in [7, 11) is 1.81. The van der Waals surface area contributed by atoms with Crippen LogP contribution in [0.2, 0.25) is 0 Å². The van der Waals surface area contributed by atoms with Crippen molar-refractivity contribution in [2.75, 3.05) is 63.8 Å². The van der Waals surface area contributed by atoms with Gasteiger partial charge >= 0.3 is 0 Å². The van der Waals surface area contributed by atoms with E-state index in [0.29, 0.717) is 81.4 Å². The summed E-state index contributed by atoms with van der Waals surface area (Å²) >= 11 is 5.71. The summed E-state index contributed by atoms with van der Waals surface area (Å²) in [6.45, 7) is 15.5. The standard InChI is InChI=1S/C42H57FN12O3.C7H5ClN2O/c1-27(56)55-14-11-34(32(24-55)37(44)49-35-8-7-28(19-33(35)43)30-22-47-51(6)23-30)48-31-9-12-53(13-10-31)36(57)25-52-15-17-54(18-16-52)40-45-20-29(21-46-40)38(58)50-39-41(2,3)26-42(39,4)5;8-7-3-6(10-11)2-1-5(7)4-9/h7-8,19-23,31,39,48H,9-18,24-26H2,1-6H3,(H2,44,49)(H,50,58);1-3,5,7H. The van der Waals surface area contributed by atoms with Gasteiger partial charge in [-0.1, -0.05) is 39.8 Å². The number of aliphatic imine (C=N–C) groups is 1. The van der Waals surface area contributed by atoms with Crippen LogP contribution in [0.1, 0.15) is 70.7 Å². The highest BCUT2D eigenvalue weighted by Crippen LogP contribution is 2.53. The second kappa shape index (κ2) is 21.4. The fourth-order valence-electron chi connectivity index (χ4n) is 10.2. The number of amides is 3. The highest BCUT2D eigenvalue weighted by atomic mass is 35.5. The Hall–Kier alpha value is -6.52. The van der Waals surface area contributed by atoms with Crippen molar-refractivity contribution in [3.63, 3.8) is 0 Å². The Kier molecular flexibility index (Phi) is 15.6. The second-order valence-corrected chi connectivity index (χ2v) is 20.3. The molecule has 1 saturated carbocycles. The third kappa shape index (κ3) is 12.2. The van der Waals surface area contributed by atoms with Crippen LogP contribution >= 0.6 is 11.6 Å². The SMILES string of the molecule is CC(=O)N1CCC(NC2CCN(C(=O)CN3CCN(c4ncc(C(=O)NC5C(C)(C)CC5(C)C)cn4)CC3)CC2)=C(C(N)=Nc2ccc(-c3cnn(C)c3)cc2F)C1.N#CC1C=CC(N=O)=CC1Cl. The van der Waals surface area contributed by atoms with E-state index in [0.717, 1.165) is 30.5 Å². The van der Waals surface area contributed by atoms with Gasteiger partial charge in [0.2, 0.25) is 17.8 Å². The van der Waals surface area contributed by atoms with Crippen LogP contribution < -0.4 is 21.3 Å². The number of nitrogens with one attached hydrogen (secondary N) is 2. The average Bonchev–Trinajstić information content (AvgIpc) is 3.77. The molecule has 3 aromatic rings. The summed E-state index contributed by atoms with van der Waals surface area (Å²) in [6, 6.07) is 7.00. The van der Waals surface area contributed by atoms with E-state index in [1.54, 1.807) is 53.4 Å². The molecule has 5 heterocycles. The highest BCUT2D eigenvalue weighted by molar-refractivity contribution is 6.22. The minimum absolute atomic E-state index is 0.0565. The third-order valence-corrected chi connectivity index (χ3v) is 14.0. The van der Waals surface area contributed by atoms with Gasteiger partial charge in [0.1, 0.15) is 23.0 Å². The number of nitrogens with two attached hydrogens (primary N) is 1. The number of hydrogen-bond donors (Lipinski definition) is 3. The number of aryl methyl sites for hydroxylation is 1. The number of benzene rings is 1. The number of carbonyl (C=O) groups excluding carboxylic acids is 3.